The minimum atomic E-state index is -1.57. The van der Waals surface area contributed by atoms with E-state index in [4.69, 9.17) is 13.9 Å². The van der Waals surface area contributed by atoms with Crippen molar-refractivity contribution in [3.63, 3.8) is 0 Å². The molecule has 220 valence electrons. The summed E-state index contributed by atoms with van der Waals surface area (Å²) in [6.45, 7) is 22.2. The van der Waals surface area contributed by atoms with Crippen molar-refractivity contribution in [2.24, 2.45) is 0 Å². The van der Waals surface area contributed by atoms with Gasteiger partial charge >= 0.3 is 12.2 Å². The quantitative estimate of drug-likeness (QED) is 0.394. The Morgan fingerprint density at radius 3 is 1.32 bits per heavy atom. The lowest BCUT2D eigenvalue weighted by Crippen LogP contribution is -2.56. The monoisotopic (exact) mass is 554 g/mol. The van der Waals surface area contributed by atoms with Crippen LogP contribution in [-0.2, 0) is 13.9 Å². The van der Waals surface area contributed by atoms with Gasteiger partial charge in [0, 0.05) is 24.2 Å². The smallest absolute Gasteiger partial charge is 0.410 e. The molecule has 0 radical (unpaired) electrons. The fourth-order valence-corrected chi connectivity index (χ4v) is 8.60. The minimum Gasteiger partial charge on any atom is -0.444 e. The van der Waals surface area contributed by atoms with Gasteiger partial charge in [-0.25, -0.2) is 9.59 Å². The Labute approximate surface area is 231 Å². The number of ether oxygens (including phenoxy) is 2. The summed E-state index contributed by atoms with van der Waals surface area (Å²) in [7, 11) is -1.57. The first kappa shape index (κ1) is 31.2. The van der Waals surface area contributed by atoms with Gasteiger partial charge in [-0.15, -0.1) is 0 Å². The fourth-order valence-electron chi connectivity index (χ4n) is 6.95. The summed E-state index contributed by atoms with van der Waals surface area (Å²) in [5.41, 5.74) is -1.57. The van der Waals surface area contributed by atoms with Crippen LogP contribution in [0.25, 0.3) is 0 Å². The van der Waals surface area contributed by atoms with Crippen LogP contribution in [0.15, 0.2) is 0 Å². The Balaban J connectivity index is 0.000000215. The van der Waals surface area contributed by atoms with Crippen molar-refractivity contribution < 1.29 is 28.6 Å². The molecule has 4 fully saturated rings. The maximum absolute atomic E-state index is 12.4. The van der Waals surface area contributed by atoms with E-state index in [2.05, 4.69) is 26.6 Å². The second-order valence-electron chi connectivity index (χ2n) is 15.5. The first-order valence-electron chi connectivity index (χ1n) is 14.5. The van der Waals surface area contributed by atoms with Crippen LogP contribution in [0.1, 0.15) is 107 Å². The van der Waals surface area contributed by atoms with Gasteiger partial charge in [-0.1, -0.05) is 0 Å². The molecule has 0 saturated carbocycles. The molecule has 0 aromatic carbocycles. The molecule has 4 bridgehead atoms. The number of amides is 2. The molecule has 4 rings (SSSR count). The lowest BCUT2D eigenvalue weighted by molar-refractivity contribution is -0.0485. The zero-order chi connectivity index (χ0) is 28.9. The largest absolute Gasteiger partial charge is 0.444 e. The van der Waals surface area contributed by atoms with Crippen molar-refractivity contribution in [2.75, 3.05) is 0 Å². The number of nitrogens with zero attached hydrogens (tertiary/aromatic N) is 2. The van der Waals surface area contributed by atoms with E-state index in [-0.39, 0.29) is 42.0 Å². The molecule has 8 nitrogen and oxygen atoms in total. The van der Waals surface area contributed by atoms with E-state index in [9.17, 15) is 14.7 Å². The molecule has 4 aliphatic rings. The SMILES string of the molecule is CC(C)(C)OC(=O)N1C2CCC1CC(C)(O[Si](C)(C)C)C2.CC1(O)CC2CCC(C1)N2C(=O)OC(C)(C)C. The second-order valence-corrected chi connectivity index (χ2v) is 20.0. The van der Waals surface area contributed by atoms with Gasteiger partial charge in [0.05, 0.1) is 11.2 Å². The average Bonchev–Trinajstić information content (AvgIpc) is 3.10. The normalized spacial score (nSPS) is 34.9. The maximum atomic E-state index is 12.4. The van der Waals surface area contributed by atoms with E-state index in [0.717, 1.165) is 38.5 Å². The molecule has 2 amide bonds. The van der Waals surface area contributed by atoms with Crippen molar-refractivity contribution in [3.8, 4) is 0 Å². The van der Waals surface area contributed by atoms with Gasteiger partial charge in [0.15, 0.2) is 8.32 Å². The van der Waals surface area contributed by atoms with Gasteiger partial charge in [-0.3, -0.25) is 0 Å². The van der Waals surface area contributed by atoms with E-state index in [1.807, 2.05) is 58.3 Å². The fraction of sp³-hybridized carbons (Fsp3) is 0.931. The predicted octanol–water partition coefficient (Wildman–Crippen LogP) is 6.46. The van der Waals surface area contributed by atoms with E-state index < -0.39 is 25.1 Å². The van der Waals surface area contributed by atoms with Crippen LogP contribution in [0.5, 0.6) is 0 Å². The highest BCUT2D eigenvalue weighted by atomic mass is 28.4. The number of carbonyl (C=O) groups is 2. The Bertz CT molecular complexity index is 842. The molecule has 4 atom stereocenters. The lowest BCUT2D eigenvalue weighted by Gasteiger charge is -2.47. The number of hydrogen-bond donors (Lipinski definition) is 1. The molecular weight excluding hydrogens is 500 g/mol. The molecule has 9 heteroatoms. The molecule has 4 aliphatic heterocycles. The van der Waals surface area contributed by atoms with Crippen molar-refractivity contribution >= 4 is 20.5 Å². The van der Waals surface area contributed by atoms with E-state index in [1.54, 1.807) is 0 Å². The zero-order valence-electron chi connectivity index (χ0n) is 25.8. The molecule has 1 N–H and O–H groups in total. The third kappa shape index (κ3) is 8.34. The summed E-state index contributed by atoms with van der Waals surface area (Å²) in [6.07, 6.45) is 6.97. The summed E-state index contributed by atoms with van der Waals surface area (Å²) in [5.74, 6) is 0. The van der Waals surface area contributed by atoms with E-state index in [1.165, 1.54) is 0 Å². The van der Waals surface area contributed by atoms with Crippen molar-refractivity contribution in [3.05, 3.63) is 0 Å². The third-order valence-corrected chi connectivity index (χ3v) is 8.79. The van der Waals surface area contributed by atoms with Crippen molar-refractivity contribution in [2.45, 2.75) is 173 Å². The van der Waals surface area contributed by atoms with Gasteiger partial charge < -0.3 is 28.8 Å². The van der Waals surface area contributed by atoms with Crippen LogP contribution < -0.4 is 0 Å². The van der Waals surface area contributed by atoms with Crippen LogP contribution >= 0.6 is 0 Å². The molecular formula is C29H54N2O6Si. The van der Waals surface area contributed by atoms with Crippen molar-refractivity contribution in [1.29, 1.82) is 0 Å². The first-order valence-corrected chi connectivity index (χ1v) is 17.9. The summed E-state index contributed by atoms with van der Waals surface area (Å²) >= 11 is 0. The van der Waals surface area contributed by atoms with Crippen LogP contribution in [0.2, 0.25) is 19.6 Å². The first-order chi connectivity index (χ1) is 17.1. The van der Waals surface area contributed by atoms with Crippen LogP contribution in [0.4, 0.5) is 9.59 Å². The van der Waals surface area contributed by atoms with Gasteiger partial charge in [0.1, 0.15) is 11.2 Å². The van der Waals surface area contributed by atoms with Gasteiger partial charge in [-0.2, -0.15) is 0 Å². The number of carbonyl (C=O) groups excluding carboxylic acids is 2. The average molecular weight is 555 g/mol. The number of piperidine rings is 2. The number of fused-ring (bicyclic) bond motifs is 4. The summed E-state index contributed by atoms with van der Waals surface area (Å²) < 4.78 is 17.4. The molecule has 0 aliphatic carbocycles. The highest BCUT2D eigenvalue weighted by Gasteiger charge is 2.51. The van der Waals surface area contributed by atoms with Gasteiger partial charge in [0.2, 0.25) is 0 Å². The Morgan fingerprint density at radius 2 is 1.03 bits per heavy atom. The Morgan fingerprint density at radius 1 is 0.711 bits per heavy atom. The standard InChI is InChI=1S/C16H31NO3Si.C13H23NO3/c1-15(2,3)19-14(18)17-12-8-9-13(17)11-16(4,10-12)20-21(5,6)7;1-12(2,3)17-11(15)14-9-5-6-10(14)8-13(4,16)7-9/h12-13H,8-11H2,1-7H3;9-10,16H,5-8H2,1-4H3. The van der Waals surface area contributed by atoms with Crippen LogP contribution in [0.3, 0.4) is 0 Å². The highest BCUT2D eigenvalue weighted by molar-refractivity contribution is 6.69. The molecule has 4 heterocycles. The third-order valence-electron chi connectivity index (χ3n) is 7.69. The predicted molar refractivity (Wildman–Crippen MR) is 152 cm³/mol. The summed E-state index contributed by atoms with van der Waals surface area (Å²) in [6, 6.07) is 0.858. The Hall–Kier alpha value is -1.32. The molecule has 38 heavy (non-hydrogen) atoms. The molecule has 0 spiro atoms. The molecule has 4 unspecified atom stereocenters. The minimum absolute atomic E-state index is 0.0746. The number of aliphatic hydroxyl groups is 1. The summed E-state index contributed by atoms with van der Waals surface area (Å²) in [5, 5.41) is 10.1. The highest BCUT2D eigenvalue weighted by Crippen LogP contribution is 2.44. The summed E-state index contributed by atoms with van der Waals surface area (Å²) in [4.78, 5) is 28.4. The van der Waals surface area contributed by atoms with Crippen LogP contribution in [0, 0.1) is 0 Å². The second kappa shape index (κ2) is 10.6. The molecule has 0 aromatic heterocycles. The zero-order valence-corrected chi connectivity index (χ0v) is 26.8. The van der Waals surface area contributed by atoms with E-state index >= 15 is 0 Å². The van der Waals surface area contributed by atoms with Gasteiger partial charge in [0.25, 0.3) is 0 Å². The number of hydrogen-bond acceptors (Lipinski definition) is 6. The van der Waals surface area contributed by atoms with Crippen LogP contribution in [-0.4, -0.2) is 82.0 Å². The maximum Gasteiger partial charge on any atom is 0.410 e. The van der Waals surface area contributed by atoms with Crippen molar-refractivity contribution in [1.82, 2.24) is 9.80 Å². The van der Waals surface area contributed by atoms with E-state index in [0.29, 0.717) is 12.8 Å². The number of rotatable bonds is 2. The van der Waals surface area contributed by atoms with Gasteiger partial charge in [-0.05, 0) is 126 Å². The molecule has 4 saturated heterocycles. The Kier molecular flexibility index (Phi) is 8.69. The molecule has 0 aromatic rings. The topological polar surface area (TPSA) is 88.5 Å². The lowest BCUT2D eigenvalue weighted by atomic mass is 9.88.